The molecule has 0 saturated heterocycles. The fourth-order valence-corrected chi connectivity index (χ4v) is 6.27. The molecular formula is C48H84NO7+. The second kappa shape index (κ2) is 38.9. The molecule has 0 aliphatic carbocycles. The second-order valence-electron chi connectivity index (χ2n) is 15.9. The highest BCUT2D eigenvalue weighted by Gasteiger charge is 2.31. The molecule has 56 heavy (non-hydrogen) atoms. The number of quaternary nitrogens is 1. The smallest absolute Gasteiger partial charge is 0.362 e. The van der Waals surface area contributed by atoms with Crippen molar-refractivity contribution in [3.05, 3.63) is 60.8 Å². The minimum atomic E-state index is -0.883. The molecule has 0 aliphatic heterocycles. The molecule has 0 amide bonds. The third-order valence-corrected chi connectivity index (χ3v) is 9.66. The quantitative estimate of drug-likeness (QED) is 0.0287. The third kappa shape index (κ3) is 36.7. The van der Waals surface area contributed by atoms with E-state index >= 15 is 0 Å². The van der Waals surface area contributed by atoms with E-state index in [2.05, 4.69) is 74.6 Å². The average molecular weight is 787 g/mol. The van der Waals surface area contributed by atoms with Crippen molar-refractivity contribution >= 4 is 17.9 Å². The lowest BCUT2D eigenvalue weighted by atomic mass is 10.0. The summed E-state index contributed by atoms with van der Waals surface area (Å²) in [4.78, 5) is 36.9. The average Bonchev–Trinajstić information content (AvgIpc) is 3.15. The molecule has 2 unspecified atom stereocenters. The summed E-state index contributed by atoms with van der Waals surface area (Å²) in [5.74, 6) is -1.54. The second-order valence-corrected chi connectivity index (χ2v) is 15.9. The van der Waals surface area contributed by atoms with Crippen molar-refractivity contribution in [3.63, 3.8) is 0 Å². The van der Waals surface area contributed by atoms with Crippen LogP contribution in [0, 0.1) is 0 Å². The van der Waals surface area contributed by atoms with Gasteiger partial charge in [-0.1, -0.05) is 152 Å². The maximum absolute atomic E-state index is 12.7. The molecule has 0 aromatic carbocycles. The first-order valence-corrected chi connectivity index (χ1v) is 22.3. The molecule has 0 spiro atoms. The molecule has 0 aromatic rings. The number of carbonyl (C=O) groups is 3. The van der Waals surface area contributed by atoms with Crippen LogP contribution in [0.1, 0.15) is 174 Å². The van der Waals surface area contributed by atoms with Crippen molar-refractivity contribution in [2.24, 2.45) is 0 Å². The Hall–Kier alpha value is -2.97. The first-order valence-electron chi connectivity index (χ1n) is 22.3. The van der Waals surface area contributed by atoms with Gasteiger partial charge < -0.3 is 23.8 Å². The summed E-state index contributed by atoms with van der Waals surface area (Å²) in [6, 6.07) is -0.622. The molecule has 0 rings (SSSR count). The van der Waals surface area contributed by atoms with Crippen molar-refractivity contribution in [2.45, 2.75) is 187 Å². The van der Waals surface area contributed by atoms with E-state index in [-0.39, 0.29) is 42.7 Å². The standard InChI is InChI=1S/C48H83NO7/c1-6-8-10-12-14-16-18-19-20-21-22-23-24-25-26-27-29-31-33-35-37-39-47(51)56-44(42-54-41-40-45(48(52)53)49(3,4)5)43-55-46(50)38-36-34-32-30-28-17-15-13-11-9-7-2/h8-11,14-17,30,32,44-45H,6-7,12-13,18-29,31,33-43H2,1-5H3/p+1/b10-8+,11-9+,16-14+,17-15+,32-30+. The van der Waals surface area contributed by atoms with E-state index in [0.29, 0.717) is 19.3 Å². The molecule has 0 fully saturated rings. The van der Waals surface area contributed by atoms with Gasteiger partial charge in [-0.15, -0.1) is 0 Å². The zero-order valence-electron chi connectivity index (χ0n) is 36.6. The Kier molecular flexibility index (Phi) is 36.8. The van der Waals surface area contributed by atoms with Crippen LogP contribution in [0.2, 0.25) is 0 Å². The van der Waals surface area contributed by atoms with Gasteiger partial charge >= 0.3 is 17.9 Å². The summed E-state index contributed by atoms with van der Waals surface area (Å²) in [5, 5.41) is 9.61. The van der Waals surface area contributed by atoms with E-state index in [9.17, 15) is 19.5 Å². The van der Waals surface area contributed by atoms with Crippen LogP contribution in [0.25, 0.3) is 0 Å². The third-order valence-electron chi connectivity index (χ3n) is 9.66. The topological polar surface area (TPSA) is 99.1 Å². The van der Waals surface area contributed by atoms with Gasteiger partial charge in [0, 0.05) is 19.3 Å². The van der Waals surface area contributed by atoms with Crippen LogP contribution in [0.5, 0.6) is 0 Å². The van der Waals surface area contributed by atoms with Crippen molar-refractivity contribution in [1.82, 2.24) is 0 Å². The molecule has 0 radical (unpaired) electrons. The van der Waals surface area contributed by atoms with E-state index in [1.807, 2.05) is 21.1 Å². The van der Waals surface area contributed by atoms with E-state index in [1.165, 1.54) is 77.0 Å². The molecular weight excluding hydrogens is 703 g/mol. The molecule has 0 saturated carbocycles. The predicted molar refractivity (Wildman–Crippen MR) is 234 cm³/mol. The SMILES string of the molecule is CC/C=C/C/C=C/C/C=C/CCCC(=O)OCC(COCCC(C(=O)O)[N+](C)(C)C)OC(=O)CCCCCCCCCCCCCCCC/C=C/C/C=C/CC. The number of carbonyl (C=O) groups excluding carboxylic acids is 2. The maximum Gasteiger partial charge on any atom is 0.362 e. The summed E-state index contributed by atoms with van der Waals surface area (Å²) < 4.78 is 17.2. The number of hydrogen-bond acceptors (Lipinski definition) is 6. The van der Waals surface area contributed by atoms with Crippen LogP contribution in [0.15, 0.2) is 60.8 Å². The highest BCUT2D eigenvalue weighted by molar-refractivity contribution is 5.72. The van der Waals surface area contributed by atoms with Crippen LogP contribution in [0.3, 0.4) is 0 Å². The number of carboxylic acids is 1. The minimum absolute atomic E-state index is 0.0441. The molecule has 0 heterocycles. The van der Waals surface area contributed by atoms with Crippen molar-refractivity contribution in [2.75, 3.05) is 41.0 Å². The van der Waals surface area contributed by atoms with E-state index < -0.39 is 18.1 Å². The predicted octanol–water partition coefficient (Wildman–Crippen LogP) is 12.2. The van der Waals surface area contributed by atoms with E-state index in [4.69, 9.17) is 14.2 Å². The Labute approximate surface area is 343 Å². The van der Waals surface area contributed by atoms with Gasteiger partial charge in [0.05, 0.1) is 34.4 Å². The van der Waals surface area contributed by atoms with Gasteiger partial charge in [-0.25, -0.2) is 4.79 Å². The highest BCUT2D eigenvalue weighted by Crippen LogP contribution is 2.15. The first kappa shape index (κ1) is 53.0. The monoisotopic (exact) mass is 787 g/mol. The molecule has 1 N–H and O–H groups in total. The Bertz CT molecular complexity index is 1100. The number of esters is 2. The summed E-state index contributed by atoms with van der Waals surface area (Å²) in [7, 11) is 5.51. The van der Waals surface area contributed by atoms with Crippen molar-refractivity contribution in [3.8, 4) is 0 Å². The normalized spacial score (nSPS) is 13.5. The Morgan fingerprint density at radius 3 is 1.45 bits per heavy atom. The lowest BCUT2D eigenvalue weighted by molar-refractivity contribution is -0.887. The lowest BCUT2D eigenvalue weighted by Crippen LogP contribution is -2.50. The molecule has 8 nitrogen and oxygen atoms in total. The van der Waals surface area contributed by atoms with Crippen LogP contribution < -0.4 is 0 Å². The number of ether oxygens (including phenoxy) is 3. The van der Waals surface area contributed by atoms with Crippen LogP contribution in [0.4, 0.5) is 0 Å². The van der Waals surface area contributed by atoms with Gasteiger partial charge in [-0.2, -0.15) is 0 Å². The van der Waals surface area contributed by atoms with Crippen LogP contribution in [-0.2, 0) is 28.6 Å². The van der Waals surface area contributed by atoms with E-state index in [1.54, 1.807) is 0 Å². The number of allylic oxidation sites excluding steroid dienone is 10. The number of nitrogens with zero attached hydrogens (tertiary/aromatic N) is 1. The molecule has 0 aliphatic rings. The lowest BCUT2D eigenvalue weighted by Gasteiger charge is -2.31. The number of rotatable bonds is 39. The summed E-state index contributed by atoms with van der Waals surface area (Å²) in [5.41, 5.74) is 0. The zero-order chi connectivity index (χ0) is 41.4. The summed E-state index contributed by atoms with van der Waals surface area (Å²) in [6.07, 6.45) is 47.1. The number of hydrogen-bond donors (Lipinski definition) is 1. The number of carboxylic acid groups (broad SMARTS) is 1. The number of aliphatic carboxylic acids is 1. The highest BCUT2D eigenvalue weighted by atomic mass is 16.6. The van der Waals surface area contributed by atoms with Gasteiger partial charge in [-0.05, 0) is 64.2 Å². The zero-order valence-corrected chi connectivity index (χ0v) is 36.6. The molecule has 0 bridgehead atoms. The molecule has 322 valence electrons. The molecule has 2 atom stereocenters. The molecule has 8 heteroatoms. The fourth-order valence-electron chi connectivity index (χ4n) is 6.27. The summed E-state index contributed by atoms with van der Waals surface area (Å²) in [6.45, 7) is 4.46. The van der Waals surface area contributed by atoms with Gasteiger partial charge in [0.15, 0.2) is 12.1 Å². The number of likely N-dealkylation sites (N-methyl/N-ethyl adjacent to an activating group) is 1. The number of unbranched alkanes of at least 4 members (excludes halogenated alkanes) is 15. The Balaban J connectivity index is 4.28. The van der Waals surface area contributed by atoms with Gasteiger partial charge in [0.2, 0.25) is 0 Å². The van der Waals surface area contributed by atoms with E-state index in [0.717, 1.165) is 57.8 Å². The van der Waals surface area contributed by atoms with Crippen LogP contribution in [-0.4, -0.2) is 80.6 Å². The first-order chi connectivity index (χ1) is 27.1. The fraction of sp³-hybridized carbons (Fsp3) is 0.729. The summed E-state index contributed by atoms with van der Waals surface area (Å²) >= 11 is 0. The largest absolute Gasteiger partial charge is 0.477 e. The Morgan fingerprint density at radius 2 is 0.964 bits per heavy atom. The van der Waals surface area contributed by atoms with Crippen LogP contribution >= 0.6 is 0 Å². The Morgan fingerprint density at radius 1 is 0.536 bits per heavy atom. The van der Waals surface area contributed by atoms with Crippen molar-refractivity contribution < 1.29 is 38.2 Å². The van der Waals surface area contributed by atoms with Gasteiger partial charge in [0.1, 0.15) is 6.61 Å². The van der Waals surface area contributed by atoms with Gasteiger partial charge in [-0.3, -0.25) is 9.59 Å². The van der Waals surface area contributed by atoms with Crippen molar-refractivity contribution in [1.29, 1.82) is 0 Å². The minimum Gasteiger partial charge on any atom is -0.477 e. The van der Waals surface area contributed by atoms with Gasteiger partial charge in [0.25, 0.3) is 0 Å². The molecule has 0 aromatic heterocycles. The maximum atomic E-state index is 12.7.